The maximum absolute atomic E-state index is 12.4. The van der Waals surface area contributed by atoms with E-state index in [0.717, 1.165) is 17.1 Å². The summed E-state index contributed by atoms with van der Waals surface area (Å²) in [5.74, 6) is 0.668. The van der Waals surface area contributed by atoms with Crippen LogP contribution in [0.5, 0.6) is 0 Å². The third-order valence-electron chi connectivity index (χ3n) is 4.02. The number of benzene rings is 1. The molecule has 0 fully saturated rings. The molecule has 3 rings (SSSR count). The van der Waals surface area contributed by atoms with Gasteiger partial charge in [0, 0.05) is 25.6 Å². The summed E-state index contributed by atoms with van der Waals surface area (Å²) >= 11 is 0. The summed E-state index contributed by atoms with van der Waals surface area (Å²) in [5, 5.41) is 0. The maximum Gasteiger partial charge on any atom is 0.410 e. The molecule has 6 nitrogen and oxygen atoms in total. The van der Waals surface area contributed by atoms with Crippen molar-refractivity contribution < 1.29 is 14.3 Å². The number of imidazole rings is 1. The zero-order valence-corrected chi connectivity index (χ0v) is 15.1. The fourth-order valence-electron chi connectivity index (χ4n) is 2.94. The van der Waals surface area contributed by atoms with Gasteiger partial charge < -0.3 is 14.2 Å². The number of Topliss-reactive ketones (excluding diaryl/α,β-unsaturated/α-hetero) is 1. The van der Waals surface area contributed by atoms with E-state index in [1.54, 1.807) is 4.90 Å². The summed E-state index contributed by atoms with van der Waals surface area (Å²) in [6, 6.07) is 9.78. The second-order valence-electron chi connectivity index (χ2n) is 7.21. The van der Waals surface area contributed by atoms with Gasteiger partial charge in [0.05, 0.1) is 12.2 Å². The van der Waals surface area contributed by atoms with Crippen LogP contribution in [0.25, 0.3) is 11.4 Å². The summed E-state index contributed by atoms with van der Waals surface area (Å²) in [6.07, 6.45) is -0.365. The molecule has 0 atom stereocenters. The molecule has 0 saturated carbocycles. The van der Waals surface area contributed by atoms with Crippen molar-refractivity contribution >= 4 is 11.9 Å². The van der Waals surface area contributed by atoms with Crippen LogP contribution in [-0.4, -0.2) is 38.5 Å². The van der Waals surface area contributed by atoms with E-state index in [1.165, 1.54) is 6.92 Å². The van der Waals surface area contributed by atoms with Gasteiger partial charge in [0.1, 0.15) is 17.1 Å². The Bertz CT molecular complexity index is 803. The molecule has 0 bridgehead atoms. The van der Waals surface area contributed by atoms with Crippen molar-refractivity contribution in [2.45, 2.75) is 46.4 Å². The van der Waals surface area contributed by atoms with Gasteiger partial charge in [0.25, 0.3) is 0 Å². The Morgan fingerprint density at radius 3 is 2.40 bits per heavy atom. The molecule has 132 valence electrons. The summed E-state index contributed by atoms with van der Waals surface area (Å²) < 4.78 is 7.49. The SMILES string of the molecule is CC(=O)c1nc(-c2ccccc2)n2c1CN(C(=O)OC(C)(C)C)CC2. The standard InChI is InChI=1S/C19H23N3O3/c1-13(23)16-15-12-21(18(24)25-19(2,3)4)10-11-22(15)17(20-16)14-8-6-5-7-9-14/h5-9H,10-12H2,1-4H3. The average molecular weight is 341 g/mol. The third-order valence-corrected chi connectivity index (χ3v) is 4.02. The minimum Gasteiger partial charge on any atom is -0.444 e. The first-order chi connectivity index (χ1) is 11.8. The van der Waals surface area contributed by atoms with Gasteiger partial charge >= 0.3 is 6.09 Å². The Labute approximate surface area is 147 Å². The highest BCUT2D eigenvalue weighted by molar-refractivity contribution is 5.94. The minimum atomic E-state index is -0.548. The smallest absolute Gasteiger partial charge is 0.410 e. The van der Waals surface area contributed by atoms with E-state index < -0.39 is 5.60 Å². The number of ketones is 1. The first kappa shape index (κ1) is 17.2. The van der Waals surface area contributed by atoms with E-state index >= 15 is 0 Å². The molecular weight excluding hydrogens is 318 g/mol. The molecule has 2 heterocycles. The highest BCUT2D eigenvalue weighted by Crippen LogP contribution is 2.27. The van der Waals surface area contributed by atoms with Gasteiger partial charge in [0.2, 0.25) is 0 Å². The Balaban J connectivity index is 1.95. The predicted molar refractivity (Wildman–Crippen MR) is 94.3 cm³/mol. The van der Waals surface area contributed by atoms with E-state index in [0.29, 0.717) is 25.3 Å². The quantitative estimate of drug-likeness (QED) is 0.784. The third kappa shape index (κ3) is 3.57. The van der Waals surface area contributed by atoms with Crippen molar-refractivity contribution in [1.82, 2.24) is 14.5 Å². The number of carbonyl (C=O) groups is 2. The van der Waals surface area contributed by atoms with Crippen molar-refractivity contribution in [2.75, 3.05) is 6.54 Å². The van der Waals surface area contributed by atoms with Crippen molar-refractivity contribution in [3.8, 4) is 11.4 Å². The van der Waals surface area contributed by atoms with E-state index in [1.807, 2.05) is 55.7 Å². The van der Waals surface area contributed by atoms with Gasteiger partial charge in [-0.05, 0) is 20.8 Å². The fourth-order valence-corrected chi connectivity index (χ4v) is 2.94. The van der Waals surface area contributed by atoms with Crippen LogP contribution in [0.15, 0.2) is 30.3 Å². The molecule has 1 aromatic heterocycles. The molecule has 0 unspecified atom stereocenters. The average Bonchev–Trinajstić information content (AvgIpc) is 2.93. The van der Waals surface area contributed by atoms with Crippen LogP contribution in [0.4, 0.5) is 4.79 Å². The van der Waals surface area contributed by atoms with Gasteiger partial charge in [-0.25, -0.2) is 9.78 Å². The van der Waals surface area contributed by atoms with Crippen LogP contribution in [0.1, 0.15) is 43.9 Å². The summed E-state index contributed by atoms with van der Waals surface area (Å²) in [6.45, 7) is 8.46. The number of carbonyl (C=O) groups excluding carboxylic acids is 2. The van der Waals surface area contributed by atoms with Gasteiger partial charge in [-0.15, -0.1) is 0 Å². The first-order valence-corrected chi connectivity index (χ1v) is 8.40. The lowest BCUT2D eigenvalue weighted by Gasteiger charge is -2.31. The van der Waals surface area contributed by atoms with Crippen molar-refractivity contribution in [3.05, 3.63) is 41.7 Å². The predicted octanol–water partition coefficient (Wildman–Crippen LogP) is 3.50. The Kier molecular flexibility index (Phi) is 4.37. The van der Waals surface area contributed by atoms with Crippen LogP contribution >= 0.6 is 0 Å². The van der Waals surface area contributed by atoms with Gasteiger partial charge in [-0.3, -0.25) is 4.79 Å². The molecule has 0 radical (unpaired) electrons. The molecule has 1 aliphatic rings. The molecular formula is C19H23N3O3. The summed E-state index contributed by atoms with van der Waals surface area (Å²) in [4.78, 5) is 30.6. The molecule has 0 spiro atoms. The normalized spacial score (nSPS) is 14.2. The van der Waals surface area contributed by atoms with Crippen LogP contribution in [-0.2, 0) is 17.8 Å². The Morgan fingerprint density at radius 2 is 1.80 bits per heavy atom. The lowest BCUT2D eigenvalue weighted by atomic mass is 10.2. The van der Waals surface area contributed by atoms with Gasteiger partial charge in [-0.2, -0.15) is 0 Å². The zero-order chi connectivity index (χ0) is 18.2. The van der Waals surface area contributed by atoms with Crippen molar-refractivity contribution in [1.29, 1.82) is 0 Å². The minimum absolute atomic E-state index is 0.100. The van der Waals surface area contributed by atoms with Crippen molar-refractivity contribution in [3.63, 3.8) is 0 Å². The number of rotatable bonds is 2. The van der Waals surface area contributed by atoms with Crippen LogP contribution in [0.2, 0.25) is 0 Å². The number of aromatic nitrogens is 2. The monoisotopic (exact) mass is 341 g/mol. The topological polar surface area (TPSA) is 64.4 Å². The molecule has 25 heavy (non-hydrogen) atoms. The van der Waals surface area contributed by atoms with Crippen molar-refractivity contribution in [2.24, 2.45) is 0 Å². The molecule has 0 aliphatic carbocycles. The maximum atomic E-state index is 12.4. The lowest BCUT2D eigenvalue weighted by Crippen LogP contribution is -2.41. The number of ether oxygens (including phenoxy) is 1. The second kappa shape index (κ2) is 6.35. The van der Waals surface area contributed by atoms with Crippen LogP contribution in [0.3, 0.4) is 0 Å². The highest BCUT2D eigenvalue weighted by Gasteiger charge is 2.30. The number of amides is 1. The van der Waals surface area contributed by atoms with Crippen LogP contribution < -0.4 is 0 Å². The first-order valence-electron chi connectivity index (χ1n) is 8.40. The van der Waals surface area contributed by atoms with E-state index in [9.17, 15) is 9.59 Å². The Hall–Kier alpha value is -2.63. The molecule has 1 amide bonds. The zero-order valence-electron chi connectivity index (χ0n) is 15.1. The van der Waals surface area contributed by atoms with E-state index in [2.05, 4.69) is 4.98 Å². The summed E-state index contributed by atoms with van der Waals surface area (Å²) in [5.41, 5.74) is 1.60. The van der Waals surface area contributed by atoms with E-state index in [4.69, 9.17) is 4.74 Å². The van der Waals surface area contributed by atoms with E-state index in [-0.39, 0.29) is 11.9 Å². The fraction of sp³-hybridized carbons (Fsp3) is 0.421. The van der Waals surface area contributed by atoms with Gasteiger partial charge in [-0.1, -0.05) is 30.3 Å². The largest absolute Gasteiger partial charge is 0.444 e. The highest BCUT2D eigenvalue weighted by atomic mass is 16.6. The lowest BCUT2D eigenvalue weighted by molar-refractivity contribution is 0.0198. The number of hydrogen-bond donors (Lipinski definition) is 0. The molecule has 2 aromatic rings. The molecule has 1 aromatic carbocycles. The molecule has 0 N–H and O–H groups in total. The molecule has 0 saturated heterocycles. The number of hydrogen-bond acceptors (Lipinski definition) is 4. The molecule has 1 aliphatic heterocycles. The second-order valence-corrected chi connectivity index (χ2v) is 7.21. The number of nitrogens with zero attached hydrogens (tertiary/aromatic N) is 3. The summed E-state index contributed by atoms with van der Waals surface area (Å²) in [7, 11) is 0. The van der Waals surface area contributed by atoms with Gasteiger partial charge in [0.15, 0.2) is 5.78 Å². The Morgan fingerprint density at radius 1 is 1.12 bits per heavy atom. The van der Waals surface area contributed by atoms with Crippen LogP contribution in [0, 0.1) is 0 Å². The molecule has 6 heteroatoms. The number of fused-ring (bicyclic) bond motifs is 1.